The first-order chi connectivity index (χ1) is 8.55. The van der Waals surface area contributed by atoms with Crippen molar-refractivity contribution in [3.05, 3.63) is 24.3 Å². The zero-order valence-corrected chi connectivity index (χ0v) is 11.1. The average molecular weight is 269 g/mol. The Morgan fingerprint density at radius 1 is 1.17 bits per heavy atom. The lowest BCUT2D eigenvalue weighted by atomic mass is 10.3. The van der Waals surface area contributed by atoms with Crippen LogP contribution in [0.4, 0.5) is 5.69 Å². The summed E-state index contributed by atoms with van der Waals surface area (Å²) in [6.07, 6.45) is 2.59. The van der Waals surface area contributed by atoms with E-state index in [0.29, 0.717) is 0 Å². The molecule has 1 aliphatic rings. The van der Waals surface area contributed by atoms with Crippen LogP contribution in [0.1, 0.15) is 12.8 Å². The van der Waals surface area contributed by atoms with Crippen LogP contribution in [-0.2, 0) is 10.0 Å². The van der Waals surface area contributed by atoms with E-state index in [1.54, 1.807) is 12.1 Å². The molecular formula is C12H19N3O2S. The Hall–Kier alpha value is -1.11. The molecule has 0 atom stereocenters. The molecular weight excluding hydrogens is 250 g/mol. The van der Waals surface area contributed by atoms with Crippen molar-refractivity contribution in [2.24, 2.45) is 5.14 Å². The van der Waals surface area contributed by atoms with E-state index in [1.165, 1.54) is 38.1 Å². The lowest BCUT2D eigenvalue weighted by Crippen LogP contribution is -2.25. The number of hydrogen-bond acceptors (Lipinski definition) is 4. The Morgan fingerprint density at radius 3 is 2.33 bits per heavy atom. The third-order valence-electron chi connectivity index (χ3n) is 3.14. The third-order valence-corrected chi connectivity index (χ3v) is 4.07. The van der Waals surface area contributed by atoms with E-state index >= 15 is 0 Å². The predicted molar refractivity (Wildman–Crippen MR) is 72.0 cm³/mol. The molecule has 1 aliphatic heterocycles. The summed E-state index contributed by atoms with van der Waals surface area (Å²) in [4.78, 5) is 2.57. The van der Waals surface area contributed by atoms with Gasteiger partial charge in [0.05, 0.1) is 4.90 Å². The molecule has 1 aromatic rings. The number of likely N-dealkylation sites (tertiary alicyclic amines) is 1. The van der Waals surface area contributed by atoms with Gasteiger partial charge in [-0.2, -0.15) is 0 Å². The number of benzene rings is 1. The van der Waals surface area contributed by atoms with Crippen LogP contribution in [-0.4, -0.2) is 39.5 Å². The molecule has 2 rings (SSSR count). The van der Waals surface area contributed by atoms with Crippen molar-refractivity contribution in [1.82, 2.24) is 4.90 Å². The lowest BCUT2D eigenvalue weighted by molar-refractivity contribution is 0.352. The number of nitrogens with zero attached hydrogens (tertiary/aromatic N) is 1. The number of sulfonamides is 1. The minimum Gasteiger partial charge on any atom is -0.384 e. The van der Waals surface area contributed by atoms with Gasteiger partial charge in [0.15, 0.2) is 0 Å². The van der Waals surface area contributed by atoms with Gasteiger partial charge in [0.1, 0.15) is 0 Å². The fourth-order valence-electron chi connectivity index (χ4n) is 2.13. The zero-order chi connectivity index (χ0) is 13.0. The summed E-state index contributed by atoms with van der Waals surface area (Å²) >= 11 is 0. The first-order valence-electron chi connectivity index (χ1n) is 6.15. The minimum atomic E-state index is -3.59. The van der Waals surface area contributed by atoms with Crippen LogP contribution in [0.5, 0.6) is 0 Å². The number of nitrogens with one attached hydrogen (secondary N) is 1. The van der Waals surface area contributed by atoms with E-state index < -0.39 is 10.0 Å². The topological polar surface area (TPSA) is 75.4 Å². The van der Waals surface area contributed by atoms with Gasteiger partial charge in [0.2, 0.25) is 10.0 Å². The third kappa shape index (κ3) is 3.69. The molecule has 0 bridgehead atoms. The first-order valence-corrected chi connectivity index (χ1v) is 7.69. The number of primary sulfonamides is 1. The maximum atomic E-state index is 11.1. The highest BCUT2D eigenvalue weighted by Crippen LogP contribution is 2.12. The maximum Gasteiger partial charge on any atom is 0.238 e. The highest BCUT2D eigenvalue weighted by atomic mass is 32.2. The SMILES string of the molecule is NS(=O)(=O)c1ccc(NCCN2CCCC2)cc1. The summed E-state index contributed by atoms with van der Waals surface area (Å²) < 4.78 is 22.2. The highest BCUT2D eigenvalue weighted by molar-refractivity contribution is 7.89. The fraction of sp³-hybridized carbons (Fsp3) is 0.500. The van der Waals surface area contributed by atoms with E-state index in [-0.39, 0.29) is 4.90 Å². The van der Waals surface area contributed by atoms with Gasteiger partial charge in [0, 0.05) is 18.8 Å². The van der Waals surface area contributed by atoms with Crippen LogP contribution < -0.4 is 10.5 Å². The van der Waals surface area contributed by atoms with Crippen LogP contribution >= 0.6 is 0 Å². The summed E-state index contributed by atoms with van der Waals surface area (Å²) in [6.45, 7) is 4.27. The molecule has 1 saturated heterocycles. The van der Waals surface area contributed by atoms with Crippen molar-refractivity contribution in [3.63, 3.8) is 0 Å². The van der Waals surface area contributed by atoms with Crippen LogP contribution in [0.15, 0.2) is 29.2 Å². The summed E-state index contributed by atoms with van der Waals surface area (Å²) in [5, 5.41) is 8.31. The van der Waals surface area contributed by atoms with Crippen molar-refractivity contribution in [2.75, 3.05) is 31.5 Å². The molecule has 0 radical (unpaired) electrons. The van der Waals surface area contributed by atoms with Crippen molar-refractivity contribution in [1.29, 1.82) is 0 Å². The van der Waals surface area contributed by atoms with E-state index in [2.05, 4.69) is 10.2 Å². The van der Waals surface area contributed by atoms with E-state index in [4.69, 9.17) is 5.14 Å². The van der Waals surface area contributed by atoms with Crippen molar-refractivity contribution in [3.8, 4) is 0 Å². The van der Waals surface area contributed by atoms with Crippen LogP contribution in [0.2, 0.25) is 0 Å². The van der Waals surface area contributed by atoms with Crippen LogP contribution in [0.25, 0.3) is 0 Å². The molecule has 5 nitrogen and oxygen atoms in total. The molecule has 0 amide bonds. The average Bonchev–Trinajstić information content (AvgIpc) is 2.82. The second kappa shape index (κ2) is 5.69. The van der Waals surface area contributed by atoms with Gasteiger partial charge < -0.3 is 10.2 Å². The number of hydrogen-bond donors (Lipinski definition) is 2. The first kappa shape index (κ1) is 13.3. The summed E-state index contributed by atoms with van der Waals surface area (Å²) in [6, 6.07) is 6.52. The van der Waals surface area contributed by atoms with Gasteiger partial charge in [0.25, 0.3) is 0 Å². The maximum absolute atomic E-state index is 11.1. The molecule has 1 fully saturated rings. The van der Waals surface area contributed by atoms with Gasteiger partial charge in [-0.1, -0.05) is 0 Å². The second-order valence-electron chi connectivity index (χ2n) is 4.54. The summed E-state index contributed by atoms with van der Waals surface area (Å²) in [5.74, 6) is 0. The highest BCUT2D eigenvalue weighted by Gasteiger charge is 2.10. The Balaban J connectivity index is 1.83. The van der Waals surface area contributed by atoms with Gasteiger partial charge in [-0.05, 0) is 50.2 Å². The molecule has 3 N–H and O–H groups in total. The predicted octanol–water partition coefficient (Wildman–Crippen LogP) is 0.842. The van der Waals surface area contributed by atoms with Crippen LogP contribution in [0, 0.1) is 0 Å². The van der Waals surface area contributed by atoms with Crippen molar-refractivity contribution < 1.29 is 8.42 Å². The second-order valence-corrected chi connectivity index (χ2v) is 6.11. The quantitative estimate of drug-likeness (QED) is 0.830. The van der Waals surface area contributed by atoms with Gasteiger partial charge in [-0.15, -0.1) is 0 Å². The summed E-state index contributed by atoms with van der Waals surface area (Å²) in [5.41, 5.74) is 0.918. The molecule has 1 aromatic carbocycles. The molecule has 100 valence electrons. The number of rotatable bonds is 5. The molecule has 0 spiro atoms. The zero-order valence-electron chi connectivity index (χ0n) is 10.3. The fourth-order valence-corrected chi connectivity index (χ4v) is 2.64. The molecule has 6 heteroatoms. The molecule has 0 aliphatic carbocycles. The largest absolute Gasteiger partial charge is 0.384 e. The van der Waals surface area contributed by atoms with E-state index in [0.717, 1.165) is 18.8 Å². The van der Waals surface area contributed by atoms with Gasteiger partial charge >= 0.3 is 0 Å². The number of anilines is 1. The van der Waals surface area contributed by atoms with Crippen molar-refractivity contribution in [2.45, 2.75) is 17.7 Å². The Labute approximate surface area is 108 Å². The summed E-state index contributed by atoms with van der Waals surface area (Å²) in [7, 11) is -3.59. The van der Waals surface area contributed by atoms with Crippen molar-refractivity contribution >= 4 is 15.7 Å². The van der Waals surface area contributed by atoms with Gasteiger partial charge in [-0.25, -0.2) is 13.6 Å². The van der Waals surface area contributed by atoms with Gasteiger partial charge in [-0.3, -0.25) is 0 Å². The normalized spacial score (nSPS) is 16.9. The Bertz CT molecular complexity index is 479. The smallest absolute Gasteiger partial charge is 0.238 e. The van der Waals surface area contributed by atoms with Crippen LogP contribution in [0.3, 0.4) is 0 Å². The monoisotopic (exact) mass is 269 g/mol. The minimum absolute atomic E-state index is 0.146. The van der Waals surface area contributed by atoms with E-state index in [1.807, 2.05) is 0 Å². The Morgan fingerprint density at radius 2 is 1.78 bits per heavy atom. The Kier molecular flexibility index (Phi) is 4.21. The van der Waals surface area contributed by atoms with E-state index in [9.17, 15) is 8.42 Å². The lowest BCUT2D eigenvalue weighted by Gasteiger charge is -2.15. The standard InChI is InChI=1S/C12H19N3O2S/c13-18(16,17)12-5-3-11(4-6-12)14-7-10-15-8-1-2-9-15/h3-6,14H,1-2,7-10H2,(H2,13,16,17). The number of nitrogens with two attached hydrogens (primary N) is 1. The molecule has 0 unspecified atom stereocenters. The molecule has 1 heterocycles. The molecule has 18 heavy (non-hydrogen) atoms. The molecule has 0 aromatic heterocycles. The molecule has 0 saturated carbocycles.